The van der Waals surface area contributed by atoms with Crippen LogP contribution in [0.3, 0.4) is 0 Å². The van der Waals surface area contributed by atoms with Crippen molar-refractivity contribution in [2.24, 2.45) is 0 Å². The lowest BCUT2D eigenvalue weighted by molar-refractivity contribution is -0.116. The summed E-state index contributed by atoms with van der Waals surface area (Å²) in [7, 11) is 0. The van der Waals surface area contributed by atoms with Crippen molar-refractivity contribution in [2.45, 2.75) is 12.3 Å². The van der Waals surface area contributed by atoms with Crippen LogP contribution in [0, 0.1) is 11.6 Å². The van der Waals surface area contributed by atoms with Gasteiger partial charge < -0.3 is 5.32 Å². The minimum absolute atomic E-state index is 0.141. The Morgan fingerprint density at radius 1 is 1.04 bits per heavy atom. The molecule has 120 valence electrons. The third kappa shape index (κ3) is 2.51. The Morgan fingerprint density at radius 3 is 2.54 bits per heavy atom. The van der Waals surface area contributed by atoms with Crippen molar-refractivity contribution in [1.82, 2.24) is 0 Å². The SMILES string of the molecule is O=C1C[C@H](c2ccccc2F)c2scc(-c3ccc(F)cc3)c2N1. The number of halogens is 2. The maximum absolute atomic E-state index is 14.2. The topological polar surface area (TPSA) is 29.1 Å². The van der Waals surface area contributed by atoms with Gasteiger partial charge in [0.05, 0.1) is 5.69 Å². The highest BCUT2D eigenvalue weighted by Gasteiger charge is 2.31. The first-order chi connectivity index (χ1) is 11.6. The molecule has 0 radical (unpaired) electrons. The van der Waals surface area contributed by atoms with E-state index in [1.165, 1.54) is 29.5 Å². The highest BCUT2D eigenvalue weighted by Crippen LogP contribution is 2.46. The molecule has 0 aliphatic carbocycles. The maximum atomic E-state index is 14.2. The zero-order chi connectivity index (χ0) is 16.7. The third-order valence-corrected chi connectivity index (χ3v) is 5.32. The van der Waals surface area contributed by atoms with E-state index >= 15 is 0 Å². The van der Waals surface area contributed by atoms with E-state index in [1.807, 2.05) is 5.38 Å². The molecule has 0 bridgehead atoms. The number of benzene rings is 2. The van der Waals surface area contributed by atoms with Gasteiger partial charge in [0.1, 0.15) is 11.6 Å². The van der Waals surface area contributed by atoms with Crippen LogP contribution in [-0.4, -0.2) is 5.91 Å². The second kappa shape index (κ2) is 5.83. The summed E-state index contributed by atoms with van der Waals surface area (Å²) in [5, 5.41) is 4.82. The third-order valence-electron chi connectivity index (χ3n) is 4.23. The van der Waals surface area contributed by atoms with Crippen LogP contribution < -0.4 is 5.32 Å². The summed E-state index contributed by atoms with van der Waals surface area (Å²) in [6.45, 7) is 0. The number of hydrogen-bond donors (Lipinski definition) is 1. The summed E-state index contributed by atoms with van der Waals surface area (Å²) >= 11 is 1.49. The van der Waals surface area contributed by atoms with Gasteiger partial charge in [-0.1, -0.05) is 30.3 Å². The van der Waals surface area contributed by atoms with Crippen molar-refractivity contribution < 1.29 is 13.6 Å². The summed E-state index contributed by atoms with van der Waals surface area (Å²) in [5.41, 5.74) is 2.89. The van der Waals surface area contributed by atoms with Crippen LogP contribution in [0.2, 0.25) is 0 Å². The van der Waals surface area contributed by atoms with Gasteiger partial charge in [-0.2, -0.15) is 0 Å². The van der Waals surface area contributed by atoms with Crippen molar-refractivity contribution >= 4 is 22.9 Å². The number of hydrogen-bond acceptors (Lipinski definition) is 2. The summed E-state index contributed by atoms with van der Waals surface area (Å²) in [6, 6.07) is 12.7. The predicted molar refractivity (Wildman–Crippen MR) is 91.2 cm³/mol. The lowest BCUT2D eigenvalue weighted by atomic mass is 9.89. The zero-order valence-corrected chi connectivity index (χ0v) is 13.4. The van der Waals surface area contributed by atoms with Gasteiger partial charge in [-0.25, -0.2) is 8.78 Å². The average molecular weight is 341 g/mol. The van der Waals surface area contributed by atoms with Crippen LogP contribution in [0.15, 0.2) is 53.9 Å². The molecule has 0 fully saturated rings. The van der Waals surface area contributed by atoms with Crippen LogP contribution in [0.5, 0.6) is 0 Å². The van der Waals surface area contributed by atoms with Crippen LogP contribution in [-0.2, 0) is 4.79 Å². The Hall–Kier alpha value is -2.53. The van der Waals surface area contributed by atoms with Gasteiger partial charge in [-0.15, -0.1) is 11.3 Å². The molecule has 4 rings (SSSR count). The molecule has 0 saturated heterocycles. The first-order valence-corrected chi connectivity index (χ1v) is 8.43. The van der Waals surface area contributed by atoms with E-state index in [2.05, 4.69) is 5.32 Å². The standard InChI is InChI=1S/C19H13F2NOS/c20-12-7-5-11(6-8-12)15-10-24-19-14(9-17(23)22-18(15)19)13-3-1-2-4-16(13)21/h1-8,10,14H,9H2,(H,22,23)/t14-/m1/s1. The van der Waals surface area contributed by atoms with Crippen LogP contribution in [0.4, 0.5) is 14.5 Å². The molecule has 0 saturated carbocycles. The largest absolute Gasteiger partial charge is 0.325 e. The molecule has 24 heavy (non-hydrogen) atoms. The Kier molecular flexibility index (Phi) is 3.65. The number of carbonyl (C=O) groups excluding carboxylic acids is 1. The molecule has 3 aromatic rings. The number of amides is 1. The Morgan fingerprint density at radius 2 is 1.79 bits per heavy atom. The van der Waals surface area contributed by atoms with E-state index in [4.69, 9.17) is 0 Å². The van der Waals surface area contributed by atoms with Gasteiger partial charge >= 0.3 is 0 Å². The average Bonchev–Trinajstić information content (AvgIpc) is 2.99. The predicted octanol–water partition coefficient (Wildman–Crippen LogP) is 5.17. The Bertz CT molecular complexity index is 917. The number of carbonyl (C=O) groups is 1. The summed E-state index contributed by atoms with van der Waals surface area (Å²) in [5.74, 6) is -1.05. The molecule has 2 aromatic carbocycles. The van der Waals surface area contributed by atoms with E-state index in [0.717, 1.165) is 16.0 Å². The normalized spacial score (nSPS) is 16.6. The van der Waals surface area contributed by atoms with Crippen molar-refractivity contribution in [3.8, 4) is 11.1 Å². The van der Waals surface area contributed by atoms with Crippen molar-refractivity contribution in [3.63, 3.8) is 0 Å². The highest BCUT2D eigenvalue weighted by atomic mass is 32.1. The highest BCUT2D eigenvalue weighted by molar-refractivity contribution is 7.11. The zero-order valence-electron chi connectivity index (χ0n) is 12.6. The van der Waals surface area contributed by atoms with Gasteiger partial charge in [0.25, 0.3) is 0 Å². The Balaban J connectivity index is 1.83. The van der Waals surface area contributed by atoms with Crippen molar-refractivity contribution in [1.29, 1.82) is 0 Å². The maximum Gasteiger partial charge on any atom is 0.225 e. The molecule has 5 heteroatoms. The van der Waals surface area contributed by atoms with Gasteiger partial charge in [0, 0.05) is 28.2 Å². The number of anilines is 1. The fourth-order valence-electron chi connectivity index (χ4n) is 3.08. The van der Waals surface area contributed by atoms with E-state index < -0.39 is 0 Å². The van der Waals surface area contributed by atoms with E-state index in [-0.39, 0.29) is 29.9 Å². The first kappa shape index (κ1) is 15.0. The quantitative estimate of drug-likeness (QED) is 0.685. The number of rotatable bonds is 2. The number of nitrogens with one attached hydrogen (secondary N) is 1. The molecular weight excluding hydrogens is 328 g/mol. The minimum atomic E-state index is -0.309. The molecule has 1 amide bonds. The number of thiophene rings is 1. The smallest absolute Gasteiger partial charge is 0.225 e. The molecule has 2 nitrogen and oxygen atoms in total. The summed E-state index contributed by atoms with van der Waals surface area (Å²) in [4.78, 5) is 13.1. The second-order valence-corrected chi connectivity index (χ2v) is 6.63. The van der Waals surface area contributed by atoms with Crippen LogP contribution in [0.25, 0.3) is 11.1 Å². The molecule has 0 unspecified atom stereocenters. The van der Waals surface area contributed by atoms with Gasteiger partial charge in [0.2, 0.25) is 5.91 Å². The number of fused-ring (bicyclic) bond motifs is 1. The fourth-order valence-corrected chi connectivity index (χ4v) is 4.23. The van der Waals surface area contributed by atoms with Crippen molar-refractivity contribution in [3.05, 3.63) is 76.0 Å². The van der Waals surface area contributed by atoms with E-state index in [0.29, 0.717) is 11.3 Å². The monoisotopic (exact) mass is 341 g/mol. The summed E-state index contributed by atoms with van der Waals surface area (Å²) < 4.78 is 27.3. The second-order valence-electron chi connectivity index (χ2n) is 5.72. The Labute approximate surface area is 141 Å². The first-order valence-electron chi connectivity index (χ1n) is 7.55. The molecule has 1 N–H and O–H groups in total. The van der Waals surface area contributed by atoms with Crippen molar-refractivity contribution in [2.75, 3.05) is 5.32 Å². The van der Waals surface area contributed by atoms with Gasteiger partial charge in [0.15, 0.2) is 0 Å². The summed E-state index contributed by atoms with van der Waals surface area (Å²) in [6.07, 6.45) is 0.220. The van der Waals surface area contributed by atoms with E-state index in [9.17, 15) is 13.6 Å². The minimum Gasteiger partial charge on any atom is -0.325 e. The van der Waals surface area contributed by atoms with Crippen LogP contribution >= 0.6 is 11.3 Å². The molecule has 1 aromatic heterocycles. The molecule has 0 spiro atoms. The molecule has 1 aliphatic rings. The fraction of sp³-hybridized carbons (Fsp3) is 0.105. The van der Waals surface area contributed by atoms with E-state index in [1.54, 1.807) is 30.3 Å². The lowest BCUT2D eigenvalue weighted by Gasteiger charge is -2.24. The molecule has 1 atom stereocenters. The lowest BCUT2D eigenvalue weighted by Crippen LogP contribution is -2.23. The molecule has 2 heterocycles. The van der Waals surface area contributed by atoms with Crippen LogP contribution in [0.1, 0.15) is 22.8 Å². The van der Waals surface area contributed by atoms with Gasteiger partial charge in [-0.3, -0.25) is 4.79 Å². The van der Waals surface area contributed by atoms with Gasteiger partial charge in [-0.05, 0) is 29.3 Å². The molecule has 1 aliphatic heterocycles. The molecular formula is C19H13F2NOS.